The number of nitrogens with two attached hydrogens (primary N) is 1. The van der Waals surface area contributed by atoms with Crippen LogP contribution in [0.2, 0.25) is 0 Å². The van der Waals surface area contributed by atoms with Gasteiger partial charge in [0.1, 0.15) is 5.60 Å². The smallest absolute Gasteiger partial charge is 0.116 e. The van der Waals surface area contributed by atoms with Crippen molar-refractivity contribution in [2.75, 3.05) is 0 Å². The zero-order valence-electron chi connectivity index (χ0n) is 12.2. The summed E-state index contributed by atoms with van der Waals surface area (Å²) in [6.07, 6.45) is 0.446. The molecule has 3 N–H and O–H groups in total. The summed E-state index contributed by atoms with van der Waals surface area (Å²) in [5.74, 6) is 0. The van der Waals surface area contributed by atoms with Gasteiger partial charge in [0, 0.05) is 17.3 Å². The first-order valence-electron chi connectivity index (χ1n) is 7.32. The van der Waals surface area contributed by atoms with Gasteiger partial charge in [-0.3, -0.25) is 0 Å². The standard InChI is InChI=1S/C19H19NOS/c20-17(18-12-7-13-22-18)14-19(21,15-8-3-1-4-9-15)16-10-5-2-6-11-16/h1-13,17,21H,14,20H2. The lowest BCUT2D eigenvalue weighted by atomic mass is 9.81. The number of rotatable bonds is 5. The van der Waals surface area contributed by atoms with Crippen LogP contribution in [0, 0.1) is 0 Å². The van der Waals surface area contributed by atoms with Crippen molar-refractivity contribution in [1.82, 2.24) is 0 Å². The number of thiophene rings is 1. The van der Waals surface area contributed by atoms with Crippen LogP contribution in [0.5, 0.6) is 0 Å². The topological polar surface area (TPSA) is 46.2 Å². The molecule has 0 saturated heterocycles. The summed E-state index contributed by atoms with van der Waals surface area (Å²) in [7, 11) is 0. The maximum absolute atomic E-state index is 11.4. The summed E-state index contributed by atoms with van der Waals surface area (Å²) >= 11 is 1.63. The molecule has 0 spiro atoms. The summed E-state index contributed by atoms with van der Waals surface area (Å²) in [6, 6.07) is 23.3. The molecule has 0 bridgehead atoms. The fraction of sp³-hybridized carbons (Fsp3) is 0.158. The van der Waals surface area contributed by atoms with Crippen molar-refractivity contribution in [3.63, 3.8) is 0 Å². The Kier molecular flexibility index (Phi) is 4.39. The van der Waals surface area contributed by atoms with Gasteiger partial charge in [0.25, 0.3) is 0 Å². The van der Waals surface area contributed by atoms with Gasteiger partial charge in [-0.2, -0.15) is 0 Å². The molecule has 1 heterocycles. The van der Waals surface area contributed by atoms with Gasteiger partial charge < -0.3 is 10.8 Å². The van der Waals surface area contributed by atoms with Crippen LogP contribution >= 0.6 is 11.3 Å². The molecule has 112 valence electrons. The molecule has 3 heteroatoms. The van der Waals surface area contributed by atoms with Gasteiger partial charge in [0.2, 0.25) is 0 Å². The van der Waals surface area contributed by atoms with Gasteiger partial charge in [0.05, 0.1) is 0 Å². The van der Waals surface area contributed by atoms with Crippen LogP contribution in [-0.4, -0.2) is 5.11 Å². The highest BCUT2D eigenvalue weighted by atomic mass is 32.1. The minimum atomic E-state index is -1.09. The largest absolute Gasteiger partial charge is 0.380 e. The van der Waals surface area contributed by atoms with E-state index in [0.29, 0.717) is 6.42 Å². The van der Waals surface area contributed by atoms with E-state index in [4.69, 9.17) is 5.73 Å². The Labute approximate surface area is 134 Å². The lowest BCUT2D eigenvalue weighted by molar-refractivity contribution is 0.0636. The highest BCUT2D eigenvalue weighted by Crippen LogP contribution is 2.37. The van der Waals surface area contributed by atoms with E-state index in [0.717, 1.165) is 16.0 Å². The Morgan fingerprint density at radius 2 is 1.41 bits per heavy atom. The van der Waals surface area contributed by atoms with Gasteiger partial charge in [-0.15, -0.1) is 11.3 Å². The van der Waals surface area contributed by atoms with Crippen molar-refractivity contribution < 1.29 is 5.11 Å². The fourth-order valence-corrected chi connectivity index (χ4v) is 3.48. The summed E-state index contributed by atoms with van der Waals surface area (Å²) in [5, 5.41) is 13.5. The minimum absolute atomic E-state index is 0.203. The van der Waals surface area contributed by atoms with Gasteiger partial charge in [0.15, 0.2) is 0 Å². The molecule has 0 radical (unpaired) electrons. The quantitative estimate of drug-likeness (QED) is 0.746. The second kappa shape index (κ2) is 6.44. The molecule has 1 unspecified atom stereocenters. The van der Waals surface area contributed by atoms with E-state index in [1.54, 1.807) is 11.3 Å². The van der Waals surface area contributed by atoms with Gasteiger partial charge in [-0.1, -0.05) is 66.7 Å². The first-order valence-corrected chi connectivity index (χ1v) is 8.20. The predicted octanol–water partition coefficient (Wildman–Crippen LogP) is 4.07. The monoisotopic (exact) mass is 309 g/mol. The van der Waals surface area contributed by atoms with Crippen LogP contribution in [-0.2, 0) is 5.60 Å². The molecule has 22 heavy (non-hydrogen) atoms. The molecule has 0 aliphatic carbocycles. The molecule has 0 aliphatic heterocycles. The van der Waals surface area contributed by atoms with E-state index in [2.05, 4.69) is 0 Å². The van der Waals surface area contributed by atoms with E-state index < -0.39 is 5.60 Å². The predicted molar refractivity (Wildman–Crippen MR) is 91.7 cm³/mol. The van der Waals surface area contributed by atoms with Crippen LogP contribution in [0.3, 0.4) is 0 Å². The average Bonchev–Trinajstić information content (AvgIpc) is 3.11. The third kappa shape index (κ3) is 2.97. The van der Waals surface area contributed by atoms with Gasteiger partial charge in [-0.25, -0.2) is 0 Å². The van der Waals surface area contributed by atoms with Gasteiger partial charge >= 0.3 is 0 Å². The number of benzene rings is 2. The Morgan fingerprint density at radius 1 is 0.864 bits per heavy atom. The van der Waals surface area contributed by atoms with Crippen molar-refractivity contribution in [1.29, 1.82) is 0 Å². The van der Waals surface area contributed by atoms with Crippen LogP contribution in [0.4, 0.5) is 0 Å². The lowest BCUT2D eigenvalue weighted by Crippen LogP contribution is -2.31. The minimum Gasteiger partial charge on any atom is -0.380 e. The first-order chi connectivity index (χ1) is 10.7. The Bertz CT molecular complexity index is 655. The highest BCUT2D eigenvalue weighted by molar-refractivity contribution is 7.10. The number of hydrogen-bond donors (Lipinski definition) is 2. The fourth-order valence-electron chi connectivity index (χ4n) is 2.75. The maximum Gasteiger partial charge on any atom is 0.116 e. The Hall–Kier alpha value is -1.94. The van der Waals surface area contributed by atoms with Crippen molar-refractivity contribution in [2.45, 2.75) is 18.1 Å². The maximum atomic E-state index is 11.4. The second-order valence-corrected chi connectivity index (χ2v) is 6.40. The molecule has 0 fully saturated rings. The molecule has 3 rings (SSSR count). The van der Waals surface area contributed by atoms with Crippen LogP contribution in [0.1, 0.15) is 28.5 Å². The normalized spacial score (nSPS) is 13.0. The third-order valence-electron chi connectivity index (χ3n) is 3.93. The Balaban J connectivity index is 2.00. The van der Waals surface area contributed by atoms with Crippen molar-refractivity contribution in [3.8, 4) is 0 Å². The molecule has 1 aromatic heterocycles. The summed E-state index contributed by atoms with van der Waals surface area (Å²) < 4.78 is 0. The van der Waals surface area contributed by atoms with Crippen molar-refractivity contribution >= 4 is 11.3 Å². The molecule has 2 nitrogen and oxygen atoms in total. The average molecular weight is 309 g/mol. The first kappa shape index (κ1) is 15.0. The molecule has 0 amide bonds. The zero-order valence-corrected chi connectivity index (χ0v) is 13.0. The highest BCUT2D eigenvalue weighted by Gasteiger charge is 2.33. The van der Waals surface area contributed by atoms with Crippen molar-refractivity contribution in [2.24, 2.45) is 5.73 Å². The molecule has 0 saturated carbocycles. The number of hydrogen-bond acceptors (Lipinski definition) is 3. The molecule has 3 aromatic rings. The van der Waals surface area contributed by atoms with Gasteiger partial charge in [-0.05, 0) is 22.6 Å². The van der Waals surface area contributed by atoms with Crippen LogP contribution in [0.15, 0.2) is 78.2 Å². The lowest BCUT2D eigenvalue weighted by Gasteiger charge is -2.31. The van der Waals surface area contributed by atoms with E-state index >= 15 is 0 Å². The van der Waals surface area contributed by atoms with Crippen molar-refractivity contribution in [3.05, 3.63) is 94.2 Å². The van der Waals surface area contributed by atoms with Crippen LogP contribution < -0.4 is 5.73 Å². The molecular formula is C19H19NOS. The summed E-state index contributed by atoms with van der Waals surface area (Å²) in [6.45, 7) is 0. The zero-order chi connectivity index (χ0) is 15.4. The SMILES string of the molecule is NC(CC(O)(c1ccccc1)c1ccccc1)c1cccs1. The molecule has 1 atom stereocenters. The van der Waals surface area contributed by atoms with E-state index in [-0.39, 0.29) is 6.04 Å². The summed E-state index contributed by atoms with van der Waals surface area (Å²) in [4.78, 5) is 1.09. The van der Waals surface area contributed by atoms with Crippen LogP contribution in [0.25, 0.3) is 0 Å². The molecular weight excluding hydrogens is 290 g/mol. The summed E-state index contributed by atoms with van der Waals surface area (Å²) in [5.41, 5.74) is 7.00. The van der Waals surface area contributed by atoms with E-state index in [9.17, 15) is 5.11 Å². The number of aliphatic hydroxyl groups is 1. The van der Waals surface area contributed by atoms with E-state index in [1.165, 1.54) is 0 Å². The third-order valence-corrected chi connectivity index (χ3v) is 4.93. The Morgan fingerprint density at radius 3 is 1.86 bits per heavy atom. The second-order valence-electron chi connectivity index (χ2n) is 5.42. The molecule has 0 aliphatic rings. The molecule has 2 aromatic carbocycles. The van der Waals surface area contributed by atoms with E-state index in [1.807, 2.05) is 78.2 Å².